The highest BCUT2D eigenvalue weighted by molar-refractivity contribution is 5.69. The fraction of sp³-hybridized carbons (Fsp3) is 0.400. The van der Waals surface area contributed by atoms with Crippen LogP contribution in [0, 0.1) is 10.1 Å². The van der Waals surface area contributed by atoms with Crippen molar-refractivity contribution in [3.05, 3.63) is 34.1 Å². The number of rotatable bonds is 4. The molecule has 0 atom stereocenters. The molecule has 1 aliphatic rings. The van der Waals surface area contributed by atoms with E-state index < -0.39 is 10.9 Å². The van der Waals surface area contributed by atoms with Crippen LogP contribution in [0.25, 0.3) is 0 Å². The lowest BCUT2D eigenvalue weighted by Crippen LogP contribution is -2.14. The molecule has 1 fully saturated rings. The summed E-state index contributed by atoms with van der Waals surface area (Å²) < 4.78 is 0. The van der Waals surface area contributed by atoms with E-state index in [4.69, 9.17) is 5.11 Å². The number of hydrogen-bond acceptors (Lipinski definition) is 4. The first-order chi connectivity index (χ1) is 7.53. The Morgan fingerprint density at radius 2 is 2.25 bits per heavy atom. The second-order valence-corrected chi connectivity index (χ2v) is 4.01. The van der Waals surface area contributed by atoms with Crippen LogP contribution in [0.1, 0.15) is 25.0 Å². The molecule has 0 aromatic carbocycles. The van der Waals surface area contributed by atoms with Crippen LogP contribution in [0.2, 0.25) is 0 Å². The van der Waals surface area contributed by atoms with Crippen molar-refractivity contribution in [3.8, 4) is 0 Å². The Labute approximate surface area is 91.1 Å². The predicted molar refractivity (Wildman–Crippen MR) is 54.1 cm³/mol. The zero-order valence-corrected chi connectivity index (χ0v) is 8.42. The van der Waals surface area contributed by atoms with Gasteiger partial charge in [-0.15, -0.1) is 0 Å². The van der Waals surface area contributed by atoms with Gasteiger partial charge in [-0.3, -0.25) is 19.9 Å². The standard InChI is InChI=1S/C10H10N2O4/c13-9(14)5-10(3-4-10)8-2-1-7(6-11-8)12(15)16/h1-2,6H,3-5H2,(H,13,14). The number of pyridine rings is 1. The fourth-order valence-electron chi connectivity index (χ4n) is 1.77. The van der Waals surface area contributed by atoms with Crippen LogP contribution >= 0.6 is 0 Å². The van der Waals surface area contributed by atoms with Gasteiger partial charge in [0.05, 0.1) is 11.3 Å². The summed E-state index contributed by atoms with van der Waals surface area (Å²) >= 11 is 0. The maximum Gasteiger partial charge on any atom is 0.304 e. The molecule has 1 saturated carbocycles. The molecule has 16 heavy (non-hydrogen) atoms. The lowest BCUT2D eigenvalue weighted by molar-refractivity contribution is -0.385. The van der Waals surface area contributed by atoms with Gasteiger partial charge < -0.3 is 5.11 Å². The summed E-state index contributed by atoms with van der Waals surface area (Å²) in [6.07, 6.45) is 2.78. The molecule has 1 heterocycles. The molecular formula is C10H10N2O4. The minimum atomic E-state index is -0.863. The maximum atomic E-state index is 10.7. The summed E-state index contributed by atoms with van der Waals surface area (Å²) in [6, 6.07) is 2.92. The lowest BCUT2D eigenvalue weighted by Gasteiger charge is -2.10. The molecule has 84 valence electrons. The molecule has 1 aromatic heterocycles. The van der Waals surface area contributed by atoms with E-state index in [0.717, 1.165) is 12.8 Å². The third kappa shape index (κ3) is 1.86. The van der Waals surface area contributed by atoms with E-state index in [2.05, 4.69) is 4.98 Å². The summed E-state index contributed by atoms with van der Waals surface area (Å²) in [7, 11) is 0. The topological polar surface area (TPSA) is 93.3 Å². The molecule has 0 saturated heterocycles. The molecule has 0 bridgehead atoms. The molecule has 1 aliphatic carbocycles. The van der Waals surface area contributed by atoms with Crippen molar-refractivity contribution in [1.82, 2.24) is 4.98 Å². The van der Waals surface area contributed by atoms with Crippen LogP contribution in [-0.4, -0.2) is 21.0 Å². The van der Waals surface area contributed by atoms with E-state index in [1.807, 2.05) is 0 Å². The number of carboxylic acids is 1. The van der Waals surface area contributed by atoms with Crippen molar-refractivity contribution >= 4 is 11.7 Å². The van der Waals surface area contributed by atoms with Gasteiger partial charge in [0.15, 0.2) is 0 Å². The van der Waals surface area contributed by atoms with Crippen molar-refractivity contribution in [1.29, 1.82) is 0 Å². The monoisotopic (exact) mass is 222 g/mol. The van der Waals surface area contributed by atoms with Gasteiger partial charge in [-0.1, -0.05) is 0 Å². The van der Waals surface area contributed by atoms with Crippen molar-refractivity contribution < 1.29 is 14.8 Å². The van der Waals surface area contributed by atoms with Gasteiger partial charge in [0.2, 0.25) is 0 Å². The third-order valence-corrected chi connectivity index (χ3v) is 2.85. The van der Waals surface area contributed by atoms with Crippen LogP contribution in [0.15, 0.2) is 18.3 Å². The SMILES string of the molecule is O=C(O)CC1(c2ccc([N+](=O)[O-])cn2)CC1. The molecule has 1 N–H and O–H groups in total. The summed E-state index contributed by atoms with van der Waals surface area (Å²) in [6.45, 7) is 0. The summed E-state index contributed by atoms with van der Waals surface area (Å²) in [5, 5.41) is 19.2. The van der Waals surface area contributed by atoms with Gasteiger partial charge in [0.25, 0.3) is 5.69 Å². The van der Waals surface area contributed by atoms with Crippen LogP contribution in [0.5, 0.6) is 0 Å². The zero-order chi connectivity index (χ0) is 11.8. The van der Waals surface area contributed by atoms with E-state index in [0.29, 0.717) is 5.69 Å². The van der Waals surface area contributed by atoms with E-state index >= 15 is 0 Å². The number of nitrogens with zero attached hydrogens (tertiary/aromatic N) is 2. The van der Waals surface area contributed by atoms with E-state index in [1.54, 1.807) is 6.07 Å². The smallest absolute Gasteiger partial charge is 0.304 e. The zero-order valence-electron chi connectivity index (χ0n) is 8.42. The van der Waals surface area contributed by atoms with Crippen molar-refractivity contribution in [3.63, 3.8) is 0 Å². The van der Waals surface area contributed by atoms with Gasteiger partial charge >= 0.3 is 5.97 Å². The summed E-state index contributed by atoms with van der Waals surface area (Å²) in [5.41, 5.74) is 0.177. The second kappa shape index (κ2) is 3.55. The number of aromatic nitrogens is 1. The summed E-state index contributed by atoms with van der Waals surface area (Å²) in [5.74, 6) is -0.863. The lowest BCUT2D eigenvalue weighted by atomic mass is 9.97. The highest BCUT2D eigenvalue weighted by Gasteiger charge is 2.47. The molecule has 6 nitrogen and oxygen atoms in total. The average Bonchev–Trinajstić information content (AvgIpc) is 2.98. The second-order valence-electron chi connectivity index (χ2n) is 4.01. The quantitative estimate of drug-likeness (QED) is 0.615. The van der Waals surface area contributed by atoms with Crippen LogP contribution in [0.3, 0.4) is 0 Å². The Morgan fingerprint density at radius 3 is 2.62 bits per heavy atom. The summed E-state index contributed by atoms with van der Waals surface area (Å²) in [4.78, 5) is 24.6. The Bertz CT molecular complexity index is 437. The van der Waals surface area contributed by atoms with Crippen molar-refractivity contribution in [2.75, 3.05) is 0 Å². The van der Waals surface area contributed by atoms with Crippen LogP contribution < -0.4 is 0 Å². The van der Waals surface area contributed by atoms with Gasteiger partial charge in [-0.05, 0) is 18.9 Å². The Hall–Kier alpha value is -1.98. The van der Waals surface area contributed by atoms with Gasteiger partial charge in [-0.2, -0.15) is 0 Å². The number of hydrogen-bond donors (Lipinski definition) is 1. The first kappa shape index (κ1) is 10.5. The Kier molecular flexibility index (Phi) is 2.34. The minimum Gasteiger partial charge on any atom is -0.481 e. The number of nitro groups is 1. The van der Waals surface area contributed by atoms with E-state index in [1.165, 1.54) is 12.3 Å². The van der Waals surface area contributed by atoms with Gasteiger partial charge in [0, 0.05) is 17.2 Å². The molecule has 2 rings (SSSR count). The van der Waals surface area contributed by atoms with E-state index in [9.17, 15) is 14.9 Å². The normalized spacial score (nSPS) is 16.8. The molecule has 0 unspecified atom stereocenters. The molecule has 0 spiro atoms. The fourth-order valence-corrected chi connectivity index (χ4v) is 1.77. The molecule has 0 aliphatic heterocycles. The number of aliphatic carboxylic acids is 1. The maximum absolute atomic E-state index is 10.7. The van der Waals surface area contributed by atoms with Gasteiger partial charge in [0.1, 0.15) is 6.20 Å². The predicted octanol–water partition coefficient (Wildman–Crippen LogP) is 1.50. The highest BCUT2D eigenvalue weighted by Crippen LogP contribution is 2.50. The van der Waals surface area contributed by atoms with Crippen LogP contribution in [0.4, 0.5) is 5.69 Å². The van der Waals surface area contributed by atoms with Crippen molar-refractivity contribution in [2.24, 2.45) is 0 Å². The highest BCUT2D eigenvalue weighted by atomic mass is 16.6. The molecule has 6 heteroatoms. The largest absolute Gasteiger partial charge is 0.481 e. The molecule has 1 aromatic rings. The molecule has 0 amide bonds. The molecular weight excluding hydrogens is 212 g/mol. The first-order valence-corrected chi connectivity index (χ1v) is 4.86. The van der Waals surface area contributed by atoms with Gasteiger partial charge in [-0.25, -0.2) is 0 Å². The van der Waals surface area contributed by atoms with Crippen molar-refractivity contribution in [2.45, 2.75) is 24.7 Å². The molecule has 0 radical (unpaired) electrons. The minimum absolute atomic E-state index is 0.0395. The third-order valence-electron chi connectivity index (χ3n) is 2.85. The number of carbonyl (C=O) groups is 1. The first-order valence-electron chi connectivity index (χ1n) is 4.86. The number of carboxylic acid groups (broad SMARTS) is 1. The Morgan fingerprint density at radius 1 is 1.56 bits per heavy atom. The van der Waals surface area contributed by atoms with E-state index in [-0.39, 0.29) is 17.5 Å². The average molecular weight is 222 g/mol. The Balaban J connectivity index is 2.22. The van der Waals surface area contributed by atoms with Crippen LogP contribution in [-0.2, 0) is 10.2 Å².